The molecule has 2 aliphatic heterocycles. The molecule has 2 aliphatic rings. The summed E-state index contributed by atoms with van der Waals surface area (Å²) < 4.78 is 5.39. The first-order valence-electron chi connectivity index (χ1n) is 8.42. The van der Waals surface area contributed by atoms with Crippen molar-refractivity contribution in [1.29, 1.82) is 0 Å². The third kappa shape index (κ3) is 3.88. The second-order valence-corrected chi connectivity index (χ2v) is 6.17. The molecule has 0 saturated carbocycles. The summed E-state index contributed by atoms with van der Waals surface area (Å²) in [7, 11) is 0. The van der Waals surface area contributed by atoms with Crippen molar-refractivity contribution < 1.29 is 19.4 Å². The van der Waals surface area contributed by atoms with E-state index in [-0.39, 0.29) is 11.8 Å². The number of aliphatic hydroxyl groups excluding tert-OH is 1. The van der Waals surface area contributed by atoms with Gasteiger partial charge in [0.05, 0.1) is 32.1 Å². The first-order chi connectivity index (χ1) is 12.1. The van der Waals surface area contributed by atoms with Crippen molar-refractivity contribution in [2.75, 3.05) is 44.4 Å². The van der Waals surface area contributed by atoms with E-state index in [2.05, 4.69) is 20.2 Å². The van der Waals surface area contributed by atoms with E-state index in [1.54, 1.807) is 4.90 Å². The number of anilines is 1. The summed E-state index contributed by atoms with van der Waals surface area (Å²) in [6.45, 7) is 4.70. The second kappa shape index (κ2) is 7.75. The lowest BCUT2D eigenvalue weighted by atomic mass is 10.0. The van der Waals surface area contributed by atoms with E-state index < -0.39 is 12.6 Å². The van der Waals surface area contributed by atoms with Crippen LogP contribution in [-0.2, 0) is 27.3 Å². The normalized spacial score (nSPS) is 18.5. The van der Waals surface area contributed by atoms with Gasteiger partial charge in [-0.3, -0.25) is 9.59 Å². The lowest BCUT2D eigenvalue weighted by molar-refractivity contribution is -0.138. The van der Waals surface area contributed by atoms with Gasteiger partial charge >= 0.3 is 0 Å². The quantitative estimate of drug-likeness (QED) is 0.695. The van der Waals surface area contributed by atoms with Gasteiger partial charge in [-0.15, -0.1) is 0 Å². The molecule has 0 aliphatic carbocycles. The van der Waals surface area contributed by atoms with Crippen LogP contribution in [0.3, 0.4) is 0 Å². The minimum absolute atomic E-state index is 0.296. The fraction of sp³-hybridized carbons (Fsp3) is 0.625. The maximum atomic E-state index is 12.5. The summed E-state index contributed by atoms with van der Waals surface area (Å²) in [5.41, 5.74) is 1.88. The molecule has 1 atom stereocenters. The minimum atomic E-state index is -0.917. The van der Waals surface area contributed by atoms with Crippen molar-refractivity contribution in [2.24, 2.45) is 0 Å². The molecule has 0 radical (unpaired) electrons. The van der Waals surface area contributed by atoms with E-state index in [1.807, 2.05) is 0 Å². The van der Waals surface area contributed by atoms with Gasteiger partial charge in [-0.1, -0.05) is 0 Å². The maximum absolute atomic E-state index is 12.5. The molecule has 3 rings (SSSR count). The first kappa shape index (κ1) is 17.6. The van der Waals surface area contributed by atoms with Gasteiger partial charge in [0.2, 0.25) is 11.8 Å². The first-order valence-corrected chi connectivity index (χ1v) is 8.42. The molecule has 1 saturated heterocycles. The van der Waals surface area contributed by atoms with Crippen LogP contribution in [-0.4, -0.2) is 77.3 Å². The monoisotopic (exact) mass is 349 g/mol. The SMILES string of the molecule is CC(=O)NC(CO)C(=O)N1CCc2c(ncnc2N2CCOCC2)C1. The molecule has 0 aromatic carbocycles. The van der Waals surface area contributed by atoms with Gasteiger partial charge in [-0.2, -0.15) is 0 Å². The molecule has 2 N–H and O–H groups in total. The van der Waals surface area contributed by atoms with E-state index >= 15 is 0 Å². The van der Waals surface area contributed by atoms with E-state index in [9.17, 15) is 14.7 Å². The fourth-order valence-electron chi connectivity index (χ4n) is 3.22. The van der Waals surface area contributed by atoms with Crippen LogP contribution in [0.5, 0.6) is 0 Å². The highest BCUT2D eigenvalue weighted by molar-refractivity contribution is 5.87. The number of nitrogens with one attached hydrogen (secondary N) is 1. The number of carbonyl (C=O) groups is 2. The van der Waals surface area contributed by atoms with Crippen molar-refractivity contribution in [3.8, 4) is 0 Å². The lowest BCUT2D eigenvalue weighted by Gasteiger charge is -2.34. The maximum Gasteiger partial charge on any atom is 0.247 e. The molecule has 0 spiro atoms. The minimum Gasteiger partial charge on any atom is -0.394 e. The van der Waals surface area contributed by atoms with Crippen LogP contribution in [0, 0.1) is 0 Å². The molecule has 2 amide bonds. The number of carbonyl (C=O) groups excluding carboxylic acids is 2. The number of morpholine rings is 1. The Bertz CT molecular complexity index is 647. The highest BCUT2D eigenvalue weighted by atomic mass is 16.5. The van der Waals surface area contributed by atoms with Crippen LogP contribution in [0.1, 0.15) is 18.2 Å². The molecular formula is C16H23N5O4. The molecule has 1 aromatic heterocycles. The third-order valence-electron chi connectivity index (χ3n) is 4.46. The van der Waals surface area contributed by atoms with Crippen LogP contribution >= 0.6 is 0 Å². The number of fused-ring (bicyclic) bond motifs is 1. The molecule has 1 aromatic rings. The van der Waals surface area contributed by atoms with Crippen LogP contribution in [0.4, 0.5) is 5.82 Å². The lowest BCUT2D eigenvalue weighted by Crippen LogP contribution is -2.51. The number of aliphatic hydroxyl groups is 1. The average Bonchev–Trinajstić information content (AvgIpc) is 2.65. The van der Waals surface area contributed by atoms with Crippen molar-refractivity contribution in [3.63, 3.8) is 0 Å². The number of nitrogens with zero attached hydrogens (tertiary/aromatic N) is 4. The predicted molar refractivity (Wildman–Crippen MR) is 88.9 cm³/mol. The summed E-state index contributed by atoms with van der Waals surface area (Å²) in [4.78, 5) is 36.3. The molecular weight excluding hydrogens is 326 g/mol. The van der Waals surface area contributed by atoms with Crippen molar-refractivity contribution in [3.05, 3.63) is 17.6 Å². The van der Waals surface area contributed by atoms with Gasteiger partial charge in [-0.25, -0.2) is 9.97 Å². The van der Waals surface area contributed by atoms with E-state index in [0.29, 0.717) is 32.7 Å². The van der Waals surface area contributed by atoms with Crippen molar-refractivity contribution in [2.45, 2.75) is 25.9 Å². The Morgan fingerprint density at radius 1 is 1.32 bits per heavy atom. The summed E-state index contributed by atoms with van der Waals surface area (Å²) in [6.07, 6.45) is 2.17. The zero-order chi connectivity index (χ0) is 17.8. The smallest absolute Gasteiger partial charge is 0.247 e. The Morgan fingerprint density at radius 2 is 2.08 bits per heavy atom. The van der Waals surface area contributed by atoms with Crippen LogP contribution in [0.15, 0.2) is 6.33 Å². The average molecular weight is 349 g/mol. The second-order valence-electron chi connectivity index (χ2n) is 6.17. The molecule has 136 valence electrons. The molecule has 0 bridgehead atoms. The van der Waals surface area contributed by atoms with E-state index in [4.69, 9.17) is 4.74 Å². The zero-order valence-electron chi connectivity index (χ0n) is 14.3. The number of aromatic nitrogens is 2. The highest BCUT2D eigenvalue weighted by Gasteiger charge is 2.30. The molecule has 9 heteroatoms. The van der Waals surface area contributed by atoms with Crippen LogP contribution in [0.2, 0.25) is 0 Å². The highest BCUT2D eigenvalue weighted by Crippen LogP contribution is 2.26. The number of rotatable bonds is 4. The van der Waals surface area contributed by atoms with Crippen LogP contribution < -0.4 is 10.2 Å². The molecule has 1 fully saturated rings. The summed E-state index contributed by atoms with van der Waals surface area (Å²) >= 11 is 0. The van der Waals surface area contributed by atoms with E-state index in [1.165, 1.54) is 13.3 Å². The Kier molecular flexibility index (Phi) is 5.44. The van der Waals surface area contributed by atoms with Gasteiger partial charge in [0.15, 0.2) is 0 Å². The summed E-state index contributed by atoms with van der Waals surface area (Å²) in [5, 5.41) is 11.9. The van der Waals surface area contributed by atoms with Gasteiger partial charge in [0, 0.05) is 32.1 Å². The van der Waals surface area contributed by atoms with E-state index in [0.717, 1.165) is 30.2 Å². The Hall–Kier alpha value is -2.26. The fourth-order valence-corrected chi connectivity index (χ4v) is 3.22. The molecule has 25 heavy (non-hydrogen) atoms. The predicted octanol–water partition coefficient (Wildman–Crippen LogP) is -1.31. The Balaban J connectivity index is 1.75. The van der Waals surface area contributed by atoms with Crippen molar-refractivity contribution >= 4 is 17.6 Å². The van der Waals surface area contributed by atoms with Gasteiger partial charge in [0.1, 0.15) is 18.2 Å². The Labute approximate surface area is 146 Å². The Morgan fingerprint density at radius 3 is 2.76 bits per heavy atom. The third-order valence-corrected chi connectivity index (χ3v) is 4.46. The molecule has 3 heterocycles. The number of hydrogen-bond acceptors (Lipinski definition) is 7. The summed E-state index contributed by atoms with van der Waals surface area (Å²) in [6, 6.07) is -0.917. The standard InChI is InChI=1S/C16H23N5O4/c1-11(23)19-14(9-22)16(24)21-3-2-12-13(8-21)17-10-18-15(12)20-4-6-25-7-5-20/h10,14,22H,2-9H2,1H3,(H,19,23). The summed E-state index contributed by atoms with van der Waals surface area (Å²) in [5.74, 6) is 0.276. The largest absolute Gasteiger partial charge is 0.394 e. The number of amides is 2. The van der Waals surface area contributed by atoms with Gasteiger partial charge < -0.3 is 25.0 Å². The number of ether oxygens (including phenoxy) is 1. The van der Waals surface area contributed by atoms with Gasteiger partial charge in [0.25, 0.3) is 0 Å². The molecule has 9 nitrogen and oxygen atoms in total. The zero-order valence-corrected chi connectivity index (χ0v) is 14.3. The van der Waals surface area contributed by atoms with Crippen LogP contribution in [0.25, 0.3) is 0 Å². The topological polar surface area (TPSA) is 108 Å². The molecule has 1 unspecified atom stereocenters. The van der Waals surface area contributed by atoms with Gasteiger partial charge in [-0.05, 0) is 6.42 Å². The number of hydrogen-bond donors (Lipinski definition) is 2. The van der Waals surface area contributed by atoms with Crippen molar-refractivity contribution in [1.82, 2.24) is 20.2 Å².